The molecule has 0 aromatic heterocycles. The molecule has 2 N–H and O–H groups in total. The minimum Gasteiger partial charge on any atom is -0.448 e. The highest BCUT2D eigenvalue weighted by molar-refractivity contribution is 6.01. The third-order valence-electron chi connectivity index (χ3n) is 5.01. The molecule has 7 nitrogen and oxygen atoms in total. The summed E-state index contributed by atoms with van der Waals surface area (Å²) in [6, 6.07) is 12.5. The molecule has 7 heteroatoms. The summed E-state index contributed by atoms with van der Waals surface area (Å²) >= 11 is 0. The first-order chi connectivity index (χ1) is 13.6. The highest BCUT2D eigenvalue weighted by Crippen LogP contribution is 2.31. The second kappa shape index (κ2) is 7.34. The van der Waals surface area contributed by atoms with Crippen LogP contribution in [0, 0.1) is 0 Å². The first-order valence-electron chi connectivity index (χ1n) is 9.35. The summed E-state index contributed by atoms with van der Waals surface area (Å²) in [5.41, 5.74) is 3.71. The summed E-state index contributed by atoms with van der Waals surface area (Å²) in [5.74, 6) is -0.872. The Morgan fingerprint density at radius 3 is 2.82 bits per heavy atom. The van der Waals surface area contributed by atoms with Gasteiger partial charge in [-0.15, -0.1) is 0 Å². The van der Waals surface area contributed by atoms with E-state index in [4.69, 9.17) is 4.74 Å². The molecule has 28 heavy (non-hydrogen) atoms. The topological polar surface area (TPSA) is 87.7 Å². The van der Waals surface area contributed by atoms with E-state index in [0.29, 0.717) is 30.8 Å². The molecule has 0 unspecified atom stereocenters. The van der Waals surface area contributed by atoms with Crippen LogP contribution < -0.4 is 15.5 Å². The van der Waals surface area contributed by atoms with Gasteiger partial charge in [0, 0.05) is 25.2 Å². The van der Waals surface area contributed by atoms with Crippen LogP contribution in [-0.2, 0) is 22.4 Å². The van der Waals surface area contributed by atoms with E-state index in [0.717, 1.165) is 23.2 Å². The molecule has 0 bridgehead atoms. The Balaban J connectivity index is 1.50. The van der Waals surface area contributed by atoms with E-state index in [2.05, 4.69) is 10.6 Å². The van der Waals surface area contributed by atoms with Crippen molar-refractivity contribution in [2.75, 3.05) is 23.3 Å². The van der Waals surface area contributed by atoms with Gasteiger partial charge in [0.05, 0.1) is 11.3 Å². The van der Waals surface area contributed by atoms with Crippen molar-refractivity contribution in [2.45, 2.75) is 25.9 Å². The van der Waals surface area contributed by atoms with E-state index in [1.807, 2.05) is 25.1 Å². The van der Waals surface area contributed by atoms with E-state index in [1.165, 1.54) is 0 Å². The summed E-state index contributed by atoms with van der Waals surface area (Å²) in [6.45, 7) is 3.03. The van der Waals surface area contributed by atoms with Crippen molar-refractivity contribution in [3.63, 3.8) is 0 Å². The van der Waals surface area contributed by atoms with E-state index in [9.17, 15) is 14.4 Å². The molecule has 0 fully saturated rings. The Morgan fingerprint density at radius 2 is 2.00 bits per heavy atom. The fourth-order valence-corrected chi connectivity index (χ4v) is 3.62. The average Bonchev–Trinajstić information content (AvgIpc) is 3.11. The number of nitrogens with one attached hydrogen (secondary N) is 2. The molecule has 2 aromatic carbocycles. The molecule has 144 valence electrons. The third kappa shape index (κ3) is 3.31. The number of amides is 3. The van der Waals surface area contributed by atoms with Crippen LogP contribution in [0.2, 0.25) is 0 Å². The molecule has 0 saturated carbocycles. The van der Waals surface area contributed by atoms with Crippen LogP contribution in [0.25, 0.3) is 0 Å². The van der Waals surface area contributed by atoms with Crippen LogP contribution in [0.5, 0.6) is 0 Å². The number of urea groups is 1. The molecule has 2 heterocycles. The van der Waals surface area contributed by atoms with E-state index >= 15 is 0 Å². The molecule has 0 radical (unpaired) electrons. The fourth-order valence-electron chi connectivity index (χ4n) is 3.62. The van der Waals surface area contributed by atoms with E-state index < -0.39 is 12.1 Å². The lowest BCUT2D eigenvalue weighted by molar-refractivity contribution is -0.125. The van der Waals surface area contributed by atoms with Crippen LogP contribution in [0.15, 0.2) is 42.5 Å². The number of hydrogen-bond acceptors (Lipinski definition) is 4. The minimum atomic E-state index is -0.879. The van der Waals surface area contributed by atoms with Gasteiger partial charge in [-0.1, -0.05) is 24.3 Å². The minimum absolute atomic E-state index is 0.150. The summed E-state index contributed by atoms with van der Waals surface area (Å²) in [4.78, 5) is 38.7. The molecule has 4 rings (SSSR count). The Kier molecular flexibility index (Phi) is 4.73. The van der Waals surface area contributed by atoms with Crippen molar-refractivity contribution >= 4 is 29.3 Å². The Labute approximate surface area is 162 Å². The second-order valence-corrected chi connectivity index (χ2v) is 6.83. The first-order valence-corrected chi connectivity index (χ1v) is 9.35. The monoisotopic (exact) mass is 379 g/mol. The van der Waals surface area contributed by atoms with E-state index in [-0.39, 0.29) is 11.9 Å². The number of carbonyl (C=O) groups is 3. The average molecular weight is 379 g/mol. The number of rotatable bonds is 3. The van der Waals surface area contributed by atoms with Gasteiger partial charge < -0.3 is 15.4 Å². The molecule has 0 aliphatic carbocycles. The van der Waals surface area contributed by atoms with Crippen LogP contribution >= 0.6 is 0 Å². The highest BCUT2D eigenvalue weighted by Gasteiger charge is 2.31. The SMILES string of the molecule is CCNC(=O)N1CCc2ccc(NC(=O)[C@@H]3Cc4ccccc4C(=O)O3)cc21. The number of fused-ring (bicyclic) bond motifs is 2. The Morgan fingerprint density at radius 1 is 1.18 bits per heavy atom. The number of ether oxygens (including phenoxy) is 1. The maximum atomic E-state index is 12.7. The standard InChI is InChI=1S/C21H21N3O4/c1-2-22-21(27)24-10-9-13-7-8-15(12-17(13)24)23-19(25)18-11-14-5-3-4-6-16(14)20(26)28-18/h3-8,12,18H,2,9-11H2,1H3,(H,22,27)(H,23,25)/t18-/m0/s1. The number of cyclic esters (lactones) is 1. The van der Waals surface area contributed by atoms with Gasteiger partial charge in [0.25, 0.3) is 5.91 Å². The smallest absolute Gasteiger partial charge is 0.339 e. The summed E-state index contributed by atoms with van der Waals surface area (Å²) in [5, 5.41) is 5.61. The van der Waals surface area contributed by atoms with Crippen molar-refractivity contribution in [1.82, 2.24) is 5.32 Å². The van der Waals surface area contributed by atoms with Crippen molar-refractivity contribution in [1.29, 1.82) is 0 Å². The van der Waals surface area contributed by atoms with Crippen LogP contribution in [-0.4, -0.2) is 37.1 Å². The predicted molar refractivity (Wildman–Crippen MR) is 105 cm³/mol. The largest absolute Gasteiger partial charge is 0.448 e. The van der Waals surface area contributed by atoms with Gasteiger partial charge in [-0.25, -0.2) is 9.59 Å². The maximum absolute atomic E-state index is 12.7. The van der Waals surface area contributed by atoms with Gasteiger partial charge in [-0.3, -0.25) is 9.69 Å². The molecule has 2 aromatic rings. The lowest BCUT2D eigenvalue weighted by atomic mass is 9.98. The first kappa shape index (κ1) is 18.0. The molecule has 0 saturated heterocycles. The molecule has 2 aliphatic rings. The normalized spacial score (nSPS) is 17.4. The molecule has 0 spiro atoms. The van der Waals surface area contributed by atoms with Gasteiger partial charge in [-0.05, 0) is 42.7 Å². The quantitative estimate of drug-likeness (QED) is 0.802. The van der Waals surface area contributed by atoms with Gasteiger partial charge in [0.15, 0.2) is 6.10 Å². The fraction of sp³-hybridized carbons (Fsp3) is 0.286. The zero-order valence-electron chi connectivity index (χ0n) is 15.5. The van der Waals surface area contributed by atoms with Gasteiger partial charge in [-0.2, -0.15) is 0 Å². The maximum Gasteiger partial charge on any atom is 0.339 e. The lowest BCUT2D eigenvalue weighted by Crippen LogP contribution is -2.39. The Hall–Kier alpha value is -3.35. The predicted octanol–water partition coefficient (Wildman–Crippen LogP) is 2.50. The number of hydrogen-bond donors (Lipinski definition) is 2. The van der Waals surface area contributed by atoms with Gasteiger partial charge in [0.2, 0.25) is 0 Å². The zero-order valence-corrected chi connectivity index (χ0v) is 15.5. The highest BCUT2D eigenvalue weighted by atomic mass is 16.5. The molecular weight excluding hydrogens is 358 g/mol. The second-order valence-electron chi connectivity index (χ2n) is 6.83. The summed E-state index contributed by atoms with van der Waals surface area (Å²) in [6.07, 6.45) is 0.233. The van der Waals surface area contributed by atoms with Crippen LogP contribution in [0.1, 0.15) is 28.4 Å². The van der Waals surface area contributed by atoms with E-state index in [1.54, 1.807) is 29.2 Å². The van der Waals surface area contributed by atoms with Crippen LogP contribution in [0.3, 0.4) is 0 Å². The summed E-state index contributed by atoms with van der Waals surface area (Å²) in [7, 11) is 0. The van der Waals surface area contributed by atoms with Crippen molar-refractivity contribution in [2.24, 2.45) is 0 Å². The molecule has 1 atom stereocenters. The van der Waals surface area contributed by atoms with Crippen LogP contribution in [0.4, 0.5) is 16.2 Å². The number of carbonyl (C=O) groups excluding carboxylic acids is 3. The summed E-state index contributed by atoms with van der Waals surface area (Å²) < 4.78 is 5.31. The third-order valence-corrected chi connectivity index (χ3v) is 5.01. The molecule has 3 amide bonds. The number of anilines is 2. The van der Waals surface area contributed by atoms with Crippen molar-refractivity contribution in [3.8, 4) is 0 Å². The Bertz CT molecular complexity index is 956. The van der Waals surface area contributed by atoms with Crippen molar-refractivity contribution in [3.05, 3.63) is 59.2 Å². The molecular formula is C21H21N3O4. The number of esters is 1. The number of benzene rings is 2. The van der Waals surface area contributed by atoms with Gasteiger partial charge >= 0.3 is 12.0 Å². The van der Waals surface area contributed by atoms with Crippen molar-refractivity contribution < 1.29 is 19.1 Å². The zero-order chi connectivity index (χ0) is 19.7. The lowest BCUT2D eigenvalue weighted by Gasteiger charge is -2.24. The number of nitrogens with zero attached hydrogens (tertiary/aromatic N) is 1. The van der Waals surface area contributed by atoms with Gasteiger partial charge in [0.1, 0.15) is 0 Å². The molecule has 2 aliphatic heterocycles.